The van der Waals surface area contributed by atoms with Gasteiger partial charge in [-0.25, -0.2) is 8.51 Å². The Bertz CT molecular complexity index is 376. The van der Waals surface area contributed by atoms with Crippen molar-refractivity contribution in [2.45, 2.75) is 24.3 Å². The van der Waals surface area contributed by atoms with E-state index in [0.29, 0.717) is 0 Å². The molecule has 0 radical (unpaired) electrons. The molecule has 0 spiro atoms. The van der Waals surface area contributed by atoms with E-state index in [1.165, 1.54) is 0 Å². The van der Waals surface area contributed by atoms with E-state index in [-0.39, 0.29) is 5.54 Å². The molecule has 1 aliphatic rings. The normalized spacial score (nSPS) is 25.9. The molecule has 3 nitrogen and oxygen atoms in total. The summed E-state index contributed by atoms with van der Waals surface area (Å²) in [6, 6.07) is 1.94. The van der Waals surface area contributed by atoms with Crippen molar-refractivity contribution in [2.24, 2.45) is 0 Å². The Morgan fingerprint density at radius 1 is 1.54 bits per heavy atom. The molecule has 4 heteroatoms. The van der Waals surface area contributed by atoms with Crippen LogP contribution in [0, 0.1) is 0 Å². The van der Waals surface area contributed by atoms with Crippen LogP contribution in [0.3, 0.4) is 0 Å². The third-order valence-electron chi connectivity index (χ3n) is 2.67. The molecule has 0 fully saturated rings. The molecule has 1 aliphatic heterocycles. The molecule has 2 rings (SSSR count). The van der Waals surface area contributed by atoms with Gasteiger partial charge in [0.1, 0.15) is 11.0 Å². The summed E-state index contributed by atoms with van der Waals surface area (Å²) in [4.78, 5) is 4.83. The van der Waals surface area contributed by atoms with Gasteiger partial charge in [0, 0.05) is 19.4 Å². The lowest BCUT2D eigenvalue weighted by Gasteiger charge is -2.26. The number of fused-ring (bicyclic) bond motifs is 1. The molecule has 0 amide bonds. The van der Waals surface area contributed by atoms with Crippen molar-refractivity contribution in [1.29, 1.82) is 0 Å². The number of pyridine rings is 1. The van der Waals surface area contributed by atoms with Crippen LogP contribution in [0.2, 0.25) is 0 Å². The average Bonchev–Trinajstić information content (AvgIpc) is 2.30. The zero-order chi connectivity index (χ0) is 9.64. The minimum atomic E-state index is -1.04. The number of hydrogen-bond acceptors (Lipinski definition) is 2. The average molecular weight is 196 g/mol. The Balaban J connectivity index is 2.68. The van der Waals surface area contributed by atoms with Crippen LogP contribution in [-0.4, -0.2) is 20.5 Å². The maximum atomic E-state index is 11.8. The third kappa shape index (κ3) is 1.05. The van der Waals surface area contributed by atoms with Crippen molar-refractivity contribution in [1.82, 2.24) is 9.29 Å². The van der Waals surface area contributed by atoms with E-state index < -0.39 is 11.0 Å². The summed E-state index contributed by atoms with van der Waals surface area (Å²) in [5.41, 5.74) is 0.965. The minimum absolute atomic E-state index is 0.150. The molecule has 0 saturated carbocycles. The van der Waals surface area contributed by atoms with Gasteiger partial charge in [0.15, 0.2) is 0 Å². The molecule has 2 heterocycles. The maximum absolute atomic E-state index is 11.8. The van der Waals surface area contributed by atoms with E-state index in [1.54, 1.807) is 12.4 Å². The second kappa shape index (κ2) is 2.62. The molecule has 1 atom stereocenters. The molecular weight excluding hydrogens is 184 g/mol. The zero-order valence-electron chi connectivity index (χ0n) is 7.94. The highest BCUT2D eigenvalue weighted by atomic mass is 32.2. The van der Waals surface area contributed by atoms with Gasteiger partial charge in [-0.05, 0) is 25.5 Å². The van der Waals surface area contributed by atoms with Crippen LogP contribution in [0.4, 0.5) is 0 Å². The van der Waals surface area contributed by atoms with Gasteiger partial charge in [0.25, 0.3) is 0 Å². The summed E-state index contributed by atoms with van der Waals surface area (Å²) < 4.78 is 13.7. The number of hydrogen-bond donors (Lipinski definition) is 0. The van der Waals surface area contributed by atoms with Crippen molar-refractivity contribution in [3.8, 4) is 0 Å². The largest absolute Gasteiger partial charge is 0.263 e. The quantitative estimate of drug-likeness (QED) is 0.626. The van der Waals surface area contributed by atoms with Crippen molar-refractivity contribution in [3.05, 3.63) is 24.0 Å². The molecule has 0 bridgehead atoms. The fraction of sp³-hybridized carbons (Fsp3) is 0.444. The summed E-state index contributed by atoms with van der Waals surface area (Å²) in [5.74, 6) is 0. The molecule has 0 aromatic carbocycles. The van der Waals surface area contributed by atoms with E-state index in [0.717, 1.165) is 10.5 Å². The van der Waals surface area contributed by atoms with Crippen LogP contribution in [0.1, 0.15) is 19.4 Å². The van der Waals surface area contributed by atoms with Crippen LogP contribution in [0.15, 0.2) is 23.4 Å². The fourth-order valence-electron chi connectivity index (χ4n) is 1.55. The Morgan fingerprint density at radius 3 is 2.85 bits per heavy atom. The highest BCUT2D eigenvalue weighted by molar-refractivity contribution is 7.83. The predicted octanol–water partition coefficient (Wildman–Crippen LogP) is 1.28. The van der Waals surface area contributed by atoms with Crippen molar-refractivity contribution in [2.75, 3.05) is 7.05 Å². The lowest BCUT2D eigenvalue weighted by Crippen LogP contribution is -2.32. The van der Waals surface area contributed by atoms with Crippen LogP contribution in [0.25, 0.3) is 0 Å². The third-order valence-corrected chi connectivity index (χ3v) is 4.32. The first-order chi connectivity index (χ1) is 6.05. The number of aromatic nitrogens is 1. The lowest BCUT2D eigenvalue weighted by atomic mass is 9.96. The van der Waals surface area contributed by atoms with Crippen molar-refractivity contribution < 1.29 is 4.21 Å². The molecule has 0 aliphatic carbocycles. The smallest absolute Gasteiger partial charge is 0.130 e. The Labute approximate surface area is 80.4 Å². The summed E-state index contributed by atoms with van der Waals surface area (Å²) in [6.45, 7) is 4.13. The van der Waals surface area contributed by atoms with Gasteiger partial charge < -0.3 is 0 Å². The van der Waals surface area contributed by atoms with E-state index in [4.69, 9.17) is 0 Å². The standard InChI is InChI=1S/C9H12N2OS/c1-9(2)7-4-5-10-6-8(7)13(12)11(9)3/h4-6H,1-3H3. The predicted molar refractivity (Wildman–Crippen MR) is 51.4 cm³/mol. The minimum Gasteiger partial charge on any atom is -0.263 e. The number of nitrogens with zero attached hydrogens (tertiary/aromatic N) is 2. The highest BCUT2D eigenvalue weighted by Crippen LogP contribution is 2.39. The summed E-state index contributed by atoms with van der Waals surface area (Å²) in [5, 5.41) is 0. The van der Waals surface area contributed by atoms with Gasteiger partial charge in [-0.15, -0.1) is 0 Å². The molecule has 1 aromatic heterocycles. The topological polar surface area (TPSA) is 33.2 Å². The first kappa shape index (κ1) is 8.84. The first-order valence-corrected chi connectivity index (χ1v) is 5.26. The Morgan fingerprint density at radius 2 is 2.23 bits per heavy atom. The van der Waals surface area contributed by atoms with Crippen LogP contribution in [-0.2, 0) is 16.5 Å². The highest BCUT2D eigenvalue weighted by Gasteiger charge is 2.40. The SMILES string of the molecule is CN1S(=O)c2cnccc2C1(C)C. The fourth-order valence-corrected chi connectivity index (χ4v) is 3.01. The van der Waals surface area contributed by atoms with Gasteiger partial charge in [-0.2, -0.15) is 0 Å². The molecule has 1 unspecified atom stereocenters. The van der Waals surface area contributed by atoms with Gasteiger partial charge in [-0.1, -0.05) is 0 Å². The second-order valence-electron chi connectivity index (χ2n) is 3.68. The van der Waals surface area contributed by atoms with Gasteiger partial charge in [0.05, 0.1) is 10.4 Å². The van der Waals surface area contributed by atoms with E-state index in [1.807, 2.05) is 17.4 Å². The van der Waals surface area contributed by atoms with Crippen LogP contribution in [0.5, 0.6) is 0 Å². The van der Waals surface area contributed by atoms with Crippen molar-refractivity contribution in [3.63, 3.8) is 0 Å². The molecule has 1 aromatic rings. The molecule has 70 valence electrons. The number of rotatable bonds is 0. The van der Waals surface area contributed by atoms with Gasteiger partial charge in [0.2, 0.25) is 0 Å². The first-order valence-electron chi connectivity index (χ1n) is 4.15. The summed E-state index contributed by atoms with van der Waals surface area (Å²) in [7, 11) is 0.830. The molecule has 0 N–H and O–H groups in total. The molecule has 13 heavy (non-hydrogen) atoms. The lowest BCUT2D eigenvalue weighted by molar-refractivity contribution is 0.297. The zero-order valence-corrected chi connectivity index (χ0v) is 8.76. The summed E-state index contributed by atoms with van der Waals surface area (Å²) in [6.07, 6.45) is 3.44. The monoisotopic (exact) mass is 196 g/mol. The molecular formula is C9H12N2OS. The van der Waals surface area contributed by atoms with E-state index in [2.05, 4.69) is 18.8 Å². The van der Waals surface area contributed by atoms with Crippen molar-refractivity contribution >= 4 is 11.0 Å². The summed E-state index contributed by atoms with van der Waals surface area (Å²) >= 11 is 0. The van der Waals surface area contributed by atoms with Crippen LogP contribution >= 0.6 is 0 Å². The van der Waals surface area contributed by atoms with E-state index in [9.17, 15) is 4.21 Å². The second-order valence-corrected chi connectivity index (χ2v) is 5.16. The van der Waals surface area contributed by atoms with Gasteiger partial charge >= 0.3 is 0 Å². The van der Waals surface area contributed by atoms with E-state index >= 15 is 0 Å². The Kier molecular flexibility index (Phi) is 1.78. The van der Waals surface area contributed by atoms with Crippen LogP contribution < -0.4 is 0 Å². The maximum Gasteiger partial charge on any atom is 0.130 e. The van der Waals surface area contributed by atoms with Gasteiger partial charge in [-0.3, -0.25) is 4.98 Å². The Hall–Kier alpha value is -0.740. The molecule has 0 saturated heterocycles.